The predicted molar refractivity (Wildman–Crippen MR) is 113 cm³/mol. The number of amides is 1. The lowest BCUT2D eigenvalue weighted by atomic mass is 9.78. The van der Waals surface area contributed by atoms with Gasteiger partial charge in [-0.25, -0.2) is 13.8 Å². The first-order valence-electron chi connectivity index (χ1n) is 11.0. The Balaban J connectivity index is 1.37. The first-order valence-corrected chi connectivity index (χ1v) is 11.0. The van der Waals surface area contributed by atoms with Crippen molar-refractivity contribution in [2.75, 3.05) is 6.61 Å². The lowest BCUT2D eigenvalue weighted by Crippen LogP contribution is -2.36. The summed E-state index contributed by atoms with van der Waals surface area (Å²) in [7, 11) is 0. The summed E-state index contributed by atoms with van der Waals surface area (Å²) in [5.41, 5.74) is 2.00. The Labute approximate surface area is 186 Å². The molecule has 0 bridgehead atoms. The number of rotatable bonds is 5. The minimum absolute atomic E-state index is 0.0907. The van der Waals surface area contributed by atoms with E-state index >= 15 is 0 Å². The van der Waals surface area contributed by atoms with Gasteiger partial charge in [0.1, 0.15) is 11.6 Å². The van der Waals surface area contributed by atoms with Crippen LogP contribution in [0.25, 0.3) is 0 Å². The zero-order chi connectivity index (χ0) is 22.7. The number of carbonyl (C=O) groups is 1. The highest BCUT2D eigenvalue weighted by Gasteiger charge is 2.37. The van der Waals surface area contributed by atoms with E-state index in [1.54, 1.807) is 12.1 Å². The van der Waals surface area contributed by atoms with Crippen LogP contribution in [0.1, 0.15) is 60.4 Å². The molecule has 1 saturated heterocycles. The number of hydrogen-bond donors (Lipinski definition) is 1. The Hall–Kier alpha value is -2.82. The van der Waals surface area contributed by atoms with Crippen molar-refractivity contribution in [3.63, 3.8) is 0 Å². The van der Waals surface area contributed by atoms with Crippen molar-refractivity contribution in [1.82, 2.24) is 5.06 Å². The minimum Gasteiger partial charge on any atom is -0.392 e. The highest BCUT2D eigenvalue weighted by Crippen LogP contribution is 2.37. The van der Waals surface area contributed by atoms with Crippen LogP contribution in [0.4, 0.5) is 8.78 Å². The number of nitrogens with zero attached hydrogens (tertiary/aromatic N) is 2. The maximum atomic E-state index is 13.9. The summed E-state index contributed by atoms with van der Waals surface area (Å²) in [5, 5.41) is 19.6. The number of carbonyl (C=O) groups excluding carboxylic acids is 1. The number of aliphatic hydroxyl groups is 1. The van der Waals surface area contributed by atoms with E-state index < -0.39 is 11.9 Å². The molecule has 168 valence electrons. The van der Waals surface area contributed by atoms with E-state index in [1.807, 2.05) is 12.1 Å². The first kappa shape index (κ1) is 22.4. The molecule has 0 unspecified atom stereocenters. The molecule has 1 amide bonds. The quantitative estimate of drug-likeness (QED) is 0.739. The molecule has 1 saturated carbocycles. The van der Waals surface area contributed by atoms with Gasteiger partial charge in [0.25, 0.3) is 0 Å². The molecule has 2 aliphatic rings. The summed E-state index contributed by atoms with van der Waals surface area (Å²) < 4.78 is 27.8. The van der Waals surface area contributed by atoms with Crippen LogP contribution in [0.2, 0.25) is 0 Å². The maximum Gasteiger partial charge on any atom is 0.249 e. The summed E-state index contributed by atoms with van der Waals surface area (Å²) in [6.07, 6.45) is 4.46. The van der Waals surface area contributed by atoms with Gasteiger partial charge in [0.05, 0.1) is 30.9 Å². The molecule has 1 aliphatic heterocycles. The molecule has 5 nitrogen and oxygen atoms in total. The van der Waals surface area contributed by atoms with Gasteiger partial charge >= 0.3 is 0 Å². The Morgan fingerprint density at radius 3 is 2.59 bits per heavy atom. The van der Waals surface area contributed by atoms with Gasteiger partial charge in [0.2, 0.25) is 5.91 Å². The summed E-state index contributed by atoms with van der Waals surface area (Å²) in [4.78, 5) is 18.8. The number of hydroxylamine groups is 2. The molecular formula is C25H26F2N2O3. The fraction of sp³-hybridized carbons (Fsp3) is 0.440. The third-order valence-corrected chi connectivity index (χ3v) is 6.56. The Bertz CT molecular complexity index is 1030. The summed E-state index contributed by atoms with van der Waals surface area (Å²) in [6, 6.07) is 10.7. The molecule has 0 radical (unpaired) electrons. The fourth-order valence-corrected chi connectivity index (χ4v) is 4.83. The number of benzene rings is 2. The molecule has 1 heterocycles. The van der Waals surface area contributed by atoms with Crippen LogP contribution in [-0.4, -0.2) is 22.7 Å². The molecule has 1 aliphatic carbocycles. The molecule has 0 spiro atoms. The van der Waals surface area contributed by atoms with Gasteiger partial charge in [0, 0.05) is 17.9 Å². The van der Waals surface area contributed by atoms with Crippen LogP contribution < -0.4 is 0 Å². The zero-order valence-corrected chi connectivity index (χ0v) is 17.8. The average Bonchev–Trinajstić information content (AvgIpc) is 3.29. The van der Waals surface area contributed by atoms with E-state index in [4.69, 9.17) is 15.2 Å². The van der Waals surface area contributed by atoms with Crippen LogP contribution in [-0.2, 0) is 22.7 Å². The molecule has 7 heteroatoms. The van der Waals surface area contributed by atoms with E-state index in [1.165, 1.54) is 23.3 Å². The number of hydrogen-bond acceptors (Lipinski definition) is 4. The second-order valence-corrected chi connectivity index (χ2v) is 8.69. The molecule has 2 aromatic carbocycles. The van der Waals surface area contributed by atoms with Crippen molar-refractivity contribution in [1.29, 1.82) is 5.26 Å². The van der Waals surface area contributed by atoms with E-state index in [2.05, 4.69) is 0 Å². The lowest BCUT2D eigenvalue weighted by Gasteiger charge is -2.32. The monoisotopic (exact) mass is 440 g/mol. The average molecular weight is 440 g/mol. The van der Waals surface area contributed by atoms with E-state index in [0.29, 0.717) is 30.1 Å². The highest BCUT2D eigenvalue weighted by molar-refractivity contribution is 5.78. The van der Waals surface area contributed by atoms with Crippen molar-refractivity contribution in [2.24, 2.45) is 11.8 Å². The normalized spacial score (nSPS) is 23.2. The molecule has 1 atom stereocenters. The topological polar surface area (TPSA) is 73.6 Å². The van der Waals surface area contributed by atoms with Crippen molar-refractivity contribution in [3.8, 4) is 6.07 Å². The second-order valence-electron chi connectivity index (χ2n) is 8.69. The molecule has 1 N–H and O–H groups in total. The van der Waals surface area contributed by atoms with Crippen LogP contribution in [0.5, 0.6) is 0 Å². The fourth-order valence-electron chi connectivity index (χ4n) is 4.83. The second kappa shape index (κ2) is 9.76. The minimum atomic E-state index is -0.498. The van der Waals surface area contributed by atoms with Crippen molar-refractivity contribution in [3.05, 3.63) is 70.3 Å². The van der Waals surface area contributed by atoms with Gasteiger partial charge in [0.15, 0.2) is 0 Å². The number of aliphatic hydroxyl groups excluding tert-OH is 1. The van der Waals surface area contributed by atoms with Gasteiger partial charge in [-0.3, -0.25) is 9.63 Å². The summed E-state index contributed by atoms with van der Waals surface area (Å²) >= 11 is 0. The van der Waals surface area contributed by atoms with E-state index in [9.17, 15) is 13.6 Å². The van der Waals surface area contributed by atoms with Crippen LogP contribution in [0.15, 0.2) is 36.4 Å². The Morgan fingerprint density at radius 1 is 1.12 bits per heavy atom. The third kappa shape index (κ3) is 4.82. The molecule has 0 aromatic heterocycles. The first-order chi connectivity index (χ1) is 15.5. The number of halogens is 2. The van der Waals surface area contributed by atoms with Crippen molar-refractivity contribution in [2.45, 2.75) is 51.2 Å². The molecular weight excluding hydrogens is 414 g/mol. The van der Waals surface area contributed by atoms with E-state index in [0.717, 1.165) is 37.7 Å². The maximum absolute atomic E-state index is 13.9. The highest BCUT2D eigenvalue weighted by atomic mass is 19.1. The van der Waals surface area contributed by atoms with Crippen molar-refractivity contribution >= 4 is 5.91 Å². The molecule has 2 fully saturated rings. The van der Waals surface area contributed by atoms with Gasteiger partial charge < -0.3 is 5.11 Å². The lowest BCUT2D eigenvalue weighted by molar-refractivity contribution is -0.183. The Morgan fingerprint density at radius 2 is 1.91 bits per heavy atom. The Kier molecular flexibility index (Phi) is 6.83. The SMILES string of the molecule is N#Cc1cc(F)cc([C@@H]2CCON2C(=O)[C@H]2CC[C@H](Cc3ccc(CO)c(F)c3)CC2)c1. The van der Waals surface area contributed by atoms with E-state index in [-0.39, 0.29) is 29.8 Å². The largest absolute Gasteiger partial charge is 0.392 e. The van der Waals surface area contributed by atoms with Gasteiger partial charge in [-0.2, -0.15) is 5.26 Å². The zero-order valence-electron chi connectivity index (χ0n) is 17.8. The standard InChI is InChI=1S/C25H26F2N2O3/c26-22-11-18(14-28)10-21(13-22)24-7-8-32-29(24)25(31)19-4-1-16(2-5-19)9-17-3-6-20(15-30)23(27)12-17/h3,6,10-13,16,19,24,30H,1-2,4-5,7-9,15H2/t16-,19-,24-/m0/s1. The third-order valence-electron chi connectivity index (χ3n) is 6.56. The van der Waals surface area contributed by atoms with Crippen LogP contribution >= 0.6 is 0 Å². The van der Waals surface area contributed by atoms with Crippen LogP contribution in [0.3, 0.4) is 0 Å². The van der Waals surface area contributed by atoms with Gasteiger partial charge in [-0.1, -0.05) is 12.1 Å². The van der Waals surface area contributed by atoms with Crippen molar-refractivity contribution < 1.29 is 23.5 Å². The van der Waals surface area contributed by atoms with Gasteiger partial charge in [-0.05, 0) is 73.4 Å². The summed E-state index contributed by atoms with van der Waals surface area (Å²) in [6.45, 7) is 0.0614. The summed E-state index contributed by atoms with van der Waals surface area (Å²) in [5.74, 6) is -0.767. The number of nitriles is 1. The van der Waals surface area contributed by atoms with Gasteiger partial charge in [-0.15, -0.1) is 0 Å². The molecule has 4 rings (SSSR count). The van der Waals surface area contributed by atoms with Crippen LogP contribution in [0, 0.1) is 34.8 Å². The molecule has 2 aromatic rings. The smallest absolute Gasteiger partial charge is 0.249 e. The molecule has 32 heavy (non-hydrogen) atoms. The predicted octanol–water partition coefficient (Wildman–Crippen LogP) is 4.58.